The average molecular weight is 316 g/mol. The zero-order valence-electron chi connectivity index (χ0n) is 14.1. The molecule has 4 nitrogen and oxygen atoms in total. The lowest BCUT2D eigenvalue weighted by Crippen LogP contribution is -2.53. The Kier molecular flexibility index (Phi) is 5.34. The second kappa shape index (κ2) is 7.45. The Bertz CT molecular complexity index is 532. The second-order valence-electron chi connectivity index (χ2n) is 7.01. The van der Waals surface area contributed by atoms with Gasteiger partial charge in [-0.15, -0.1) is 0 Å². The molecule has 2 N–H and O–H groups in total. The van der Waals surface area contributed by atoms with E-state index in [0.717, 1.165) is 25.9 Å². The molecule has 1 heterocycles. The zero-order chi connectivity index (χ0) is 16.1. The molecule has 1 atom stereocenters. The summed E-state index contributed by atoms with van der Waals surface area (Å²) in [6.45, 7) is 4.79. The summed E-state index contributed by atoms with van der Waals surface area (Å²) in [7, 11) is 0. The van der Waals surface area contributed by atoms with E-state index in [1.165, 1.54) is 30.4 Å². The Balaban J connectivity index is 1.70. The van der Waals surface area contributed by atoms with Crippen LogP contribution in [0.25, 0.3) is 0 Å². The summed E-state index contributed by atoms with van der Waals surface area (Å²) in [5.74, 6) is 0.0716. The van der Waals surface area contributed by atoms with Crippen LogP contribution in [0.1, 0.15) is 43.2 Å². The van der Waals surface area contributed by atoms with Crippen LogP contribution in [0.4, 0.5) is 0 Å². The number of morpholine rings is 1. The topological polar surface area (TPSA) is 50.4 Å². The third-order valence-electron chi connectivity index (χ3n) is 5.28. The van der Waals surface area contributed by atoms with Crippen LogP contribution < -0.4 is 10.6 Å². The molecule has 1 saturated carbocycles. The molecule has 1 amide bonds. The number of carbonyl (C=O) groups excluding carboxylic acids is 1. The van der Waals surface area contributed by atoms with Gasteiger partial charge in [0.15, 0.2) is 0 Å². The highest BCUT2D eigenvalue weighted by Gasteiger charge is 2.35. The monoisotopic (exact) mass is 316 g/mol. The first-order chi connectivity index (χ1) is 11.2. The summed E-state index contributed by atoms with van der Waals surface area (Å²) in [4.78, 5) is 12.4. The highest BCUT2D eigenvalue weighted by Crippen LogP contribution is 2.39. The zero-order valence-corrected chi connectivity index (χ0v) is 14.1. The highest BCUT2D eigenvalue weighted by molar-refractivity contribution is 5.82. The molecule has 2 aliphatic rings. The summed E-state index contributed by atoms with van der Waals surface area (Å²) < 4.78 is 5.40. The molecule has 0 bridgehead atoms. The molecule has 4 heteroatoms. The van der Waals surface area contributed by atoms with Gasteiger partial charge in [-0.05, 0) is 25.3 Å². The quantitative estimate of drug-likeness (QED) is 0.896. The molecule has 1 aliphatic carbocycles. The molecule has 1 unspecified atom stereocenters. The van der Waals surface area contributed by atoms with Crippen molar-refractivity contribution in [2.45, 2.75) is 50.5 Å². The maximum Gasteiger partial charge on any atom is 0.239 e. The van der Waals surface area contributed by atoms with Gasteiger partial charge in [0.1, 0.15) is 6.04 Å². The van der Waals surface area contributed by atoms with E-state index in [-0.39, 0.29) is 17.4 Å². The first-order valence-electron chi connectivity index (χ1n) is 8.86. The Morgan fingerprint density at radius 2 is 2.17 bits per heavy atom. The van der Waals surface area contributed by atoms with Crippen molar-refractivity contribution in [3.63, 3.8) is 0 Å². The second-order valence-corrected chi connectivity index (χ2v) is 7.01. The standard InChI is InChI=1S/C19H28N2O2/c1-15-6-5-7-16(12-15)19(8-3-2-4-9-19)14-21-18(22)17-13-23-11-10-20-17/h5-7,12,17,20H,2-4,8-11,13-14H2,1H3,(H,21,22). The van der Waals surface area contributed by atoms with E-state index in [1.54, 1.807) is 0 Å². The summed E-state index contributed by atoms with van der Waals surface area (Å²) >= 11 is 0. The van der Waals surface area contributed by atoms with Gasteiger partial charge in [0, 0.05) is 18.5 Å². The van der Waals surface area contributed by atoms with Gasteiger partial charge >= 0.3 is 0 Å². The Morgan fingerprint density at radius 1 is 1.35 bits per heavy atom. The van der Waals surface area contributed by atoms with Crippen molar-refractivity contribution < 1.29 is 9.53 Å². The first-order valence-corrected chi connectivity index (χ1v) is 8.86. The molecule has 1 saturated heterocycles. The SMILES string of the molecule is Cc1cccc(C2(CNC(=O)C3COCCN3)CCCCC2)c1. The number of benzene rings is 1. The lowest BCUT2D eigenvalue weighted by Gasteiger charge is -2.39. The van der Waals surface area contributed by atoms with Gasteiger partial charge in [0.25, 0.3) is 0 Å². The number of rotatable bonds is 4. The summed E-state index contributed by atoms with van der Waals surface area (Å²) in [6.07, 6.45) is 6.11. The maximum absolute atomic E-state index is 12.4. The fourth-order valence-electron chi connectivity index (χ4n) is 3.88. The Hall–Kier alpha value is -1.39. The smallest absolute Gasteiger partial charge is 0.239 e. The molecular formula is C19H28N2O2. The molecule has 2 fully saturated rings. The maximum atomic E-state index is 12.4. The number of carbonyl (C=O) groups is 1. The van der Waals surface area contributed by atoms with Crippen LogP contribution in [-0.4, -0.2) is 38.3 Å². The van der Waals surface area contributed by atoms with Crippen molar-refractivity contribution in [3.8, 4) is 0 Å². The average Bonchev–Trinajstić information content (AvgIpc) is 2.61. The fourth-order valence-corrected chi connectivity index (χ4v) is 3.88. The summed E-state index contributed by atoms with van der Waals surface area (Å²) in [6, 6.07) is 8.59. The van der Waals surface area contributed by atoms with Crippen molar-refractivity contribution in [1.29, 1.82) is 0 Å². The predicted molar refractivity (Wildman–Crippen MR) is 91.6 cm³/mol. The van der Waals surface area contributed by atoms with Crippen LogP contribution in [0.3, 0.4) is 0 Å². The minimum Gasteiger partial charge on any atom is -0.378 e. The molecule has 0 aromatic heterocycles. The molecule has 1 aromatic carbocycles. The van der Waals surface area contributed by atoms with Crippen molar-refractivity contribution in [2.75, 3.05) is 26.3 Å². The van der Waals surface area contributed by atoms with Gasteiger partial charge in [0.05, 0.1) is 13.2 Å². The van der Waals surface area contributed by atoms with Crippen LogP contribution in [0.15, 0.2) is 24.3 Å². The van der Waals surface area contributed by atoms with Crippen LogP contribution in [0.5, 0.6) is 0 Å². The summed E-state index contributed by atoms with van der Waals surface area (Å²) in [5.41, 5.74) is 2.77. The van der Waals surface area contributed by atoms with Gasteiger partial charge in [-0.1, -0.05) is 49.1 Å². The van der Waals surface area contributed by atoms with Crippen molar-refractivity contribution in [3.05, 3.63) is 35.4 Å². The Labute approximate surface area is 139 Å². The fraction of sp³-hybridized carbons (Fsp3) is 0.632. The van der Waals surface area contributed by atoms with Gasteiger partial charge < -0.3 is 15.4 Å². The largest absolute Gasteiger partial charge is 0.378 e. The van der Waals surface area contributed by atoms with E-state index in [4.69, 9.17) is 4.74 Å². The van der Waals surface area contributed by atoms with E-state index < -0.39 is 0 Å². The third kappa shape index (κ3) is 3.93. The minimum atomic E-state index is -0.207. The summed E-state index contributed by atoms with van der Waals surface area (Å²) in [5, 5.41) is 6.43. The van der Waals surface area contributed by atoms with E-state index in [0.29, 0.717) is 13.2 Å². The number of aryl methyl sites for hydroxylation is 1. The first kappa shape index (κ1) is 16.5. The van der Waals surface area contributed by atoms with Crippen LogP contribution >= 0.6 is 0 Å². The molecule has 23 heavy (non-hydrogen) atoms. The van der Waals surface area contributed by atoms with E-state index in [1.807, 2.05) is 0 Å². The molecular weight excluding hydrogens is 288 g/mol. The van der Waals surface area contributed by atoms with Crippen LogP contribution in [-0.2, 0) is 14.9 Å². The molecule has 126 valence electrons. The lowest BCUT2D eigenvalue weighted by molar-refractivity contribution is -0.126. The Morgan fingerprint density at radius 3 is 2.87 bits per heavy atom. The van der Waals surface area contributed by atoms with Gasteiger partial charge in [-0.3, -0.25) is 4.79 Å². The van der Waals surface area contributed by atoms with Gasteiger partial charge in [0.2, 0.25) is 5.91 Å². The van der Waals surface area contributed by atoms with Crippen LogP contribution in [0.2, 0.25) is 0 Å². The third-order valence-corrected chi connectivity index (χ3v) is 5.28. The van der Waals surface area contributed by atoms with E-state index >= 15 is 0 Å². The number of amides is 1. The van der Waals surface area contributed by atoms with Crippen molar-refractivity contribution >= 4 is 5.91 Å². The predicted octanol–water partition coefficient (Wildman–Crippen LogP) is 2.30. The lowest BCUT2D eigenvalue weighted by atomic mass is 9.69. The van der Waals surface area contributed by atoms with E-state index in [9.17, 15) is 4.79 Å². The number of ether oxygens (including phenoxy) is 1. The van der Waals surface area contributed by atoms with Crippen molar-refractivity contribution in [2.24, 2.45) is 0 Å². The van der Waals surface area contributed by atoms with E-state index in [2.05, 4.69) is 41.8 Å². The minimum absolute atomic E-state index is 0.0716. The van der Waals surface area contributed by atoms with Crippen molar-refractivity contribution in [1.82, 2.24) is 10.6 Å². The molecule has 0 spiro atoms. The van der Waals surface area contributed by atoms with Crippen LogP contribution in [0, 0.1) is 6.92 Å². The number of hydrogen-bond acceptors (Lipinski definition) is 3. The van der Waals surface area contributed by atoms with Gasteiger partial charge in [-0.25, -0.2) is 0 Å². The normalized spacial score (nSPS) is 24.1. The molecule has 0 radical (unpaired) electrons. The van der Waals surface area contributed by atoms with Gasteiger partial charge in [-0.2, -0.15) is 0 Å². The highest BCUT2D eigenvalue weighted by atomic mass is 16.5. The number of hydrogen-bond donors (Lipinski definition) is 2. The molecule has 3 rings (SSSR count). The molecule has 1 aliphatic heterocycles. The number of nitrogens with one attached hydrogen (secondary N) is 2. The molecule has 1 aromatic rings.